The van der Waals surface area contributed by atoms with E-state index in [1.165, 1.54) is 6.26 Å². The van der Waals surface area contributed by atoms with Gasteiger partial charge < -0.3 is 5.32 Å². The van der Waals surface area contributed by atoms with Crippen LogP contribution in [-0.4, -0.2) is 32.5 Å². The molecule has 0 heterocycles. The first-order valence-electron chi connectivity index (χ1n) is 5.34. The summed E-state index contributed by atoms with van der Waals surface area (Å²) in [5.74, 6) is 0.270. The van der Waals surface area contributed by atoms with Crippen molar-refractivity contribution in [2.45, 2.75) is 46.6 Å². The summed E-state index contributed by atoms with van der Waals surface area (Å²) in [6.07, 6.45) is 2.00. The fourth-order valence-electron chi connectivity index (χ4n) is 1.05. The van der Waals surface area contributed by atoms with E-state index in [1.54, 1.807) is 0 Å². The number of rotatable bonds is 5. The smallest absolute Gasteiger partial charge is 0.147 e. The molecule has 0 bridgehead atoms. The molecule has 0 amide bonds. The molecular formula is C11H25NO2S. The molecule has 0 fully saturated rings. The van der Waals surface area contributed by atoms with Crippen molar-refractivity contribution in [2.24, 2.45) is 5.41 Å². The number of hydrogen-bond acceptors (Lipinski definition) is 3. The lowest BCUT2D eigenvalue weighted by atomic mass is 9.89. The normalized spacial score (nSPS) is 14.3. The second-order valence-corrected chi connectivity index (χ2v) is 8.41. The van der Waals surface area contributed by atoms with Crippen LogP contribution >= 0.6 is 0 Å². The third-order valence-corrected chi connectivity index (χ3v) is 3.19. The van der Waals surface area contributed by atoms with Gasteiger partial charge in [0, 0.05) is 18.3 Å². The maximum atomic E-state index is 11.1. The molecule has 0 spiro atoms. The van der Waals surface area contributed by atoms with Gasteiger partial charge in [-0.15, -0.1) is 0 Å². The quantitative estimate of drug-likeness (QED) is 0.791. The van der Waals surface area contributed by atoms with E-state index in [4.69, 9.17) is 0 Å². The van der Waals surface area contributed by atoms with E-state index in [0.717, 1.165) is 6.54 Å². The molecule has 0 saturated carbocycles. The molecule has 0 saturated heterocycles. The Balaban J connectivity index is 4.09. The average molecular weight is 235 g/mol. The molecule has 0 aromatic carbocycles. The molecule has 0 aliphatic rings. The van der Waals surface area contributed by atoms with Crippen molar-refractivity contribution in [3.8, 4) is 0 Å². The molecule has 3 nitrogen and oxygen atoms in total. The van der Waals surface area contributed by atoms with Gasteiger partial charge in [-0.1, -0.05) is 13.8 Å². The fourth-order valence-corrected chi connectivity index (χ4v) is 1.98. The highest BCUT2D eigenvalue weighted by atomic mass is 32.2. The first-order chi connectivity index (χ1) is 6.41. The van der Waals surface area contributed by atoms with E-state index < -0.39 is 9.84 Å². The van der Waals surface area contributed by atoms with E-state index in [2.05, 4.69) is 39.9 Å². The number of sulfone groups is 1. The molecule has 0 aromatic rings. The van der Waals surface area contributed by atoms with Crippen LogP contribution in [0.2, 0.25) is 0 Å². The second kappa shape index (κ2) is 4.83. The molecule has 0 radical (unpaired) electrons. The van der Waals surface area contributed by atoms with Crippen molar-refractivity contribution in [1.82, 2.24) is 5.32 Å². The average Bonchev–Trinajstić information content (AvgIpc) is 1.96. The number of nitrogens with one attached hydrogen (secondary N) is 1. The molecule has 15 heavy (non-hydrogen) atoms. The van der Waals surface area contributed by atoms with Gasteiger partial charge in [-0.05, 0) is 32.6 Å². The second-order valence-electron chi connectivity index (χ2n) is 6.15. The Morgan fingerprint density at radius 1 is 1.07 bits per heavy atom. The summed E-state index contributed by atoms with van der Waals surface area (Å²) >= 11 is 0. The summed E-state index contributed by atoms with van der Waals surface area (Å²) in [7, 11) is -2.84. The van der Waals surface area contributed by atoms with Crippen LogP contribution in [0.3, 0.4) is 0 Å². The van der Waals surface area contributed by atoms with Crippen molar-refractivity contribution >= 4 is 9.84 Å². The molecule has 0 atom stereocenters. The van der Waals surface area contributed by atoms with Crippen molar-refractivity contribution in [3.05, 3.63) is 0 Å². The maximum Gasteiger partial charge on any atom is 0.147 e. The summed E-state index contributed by atoms with van der Waals surface area (Å²) in [6.45, 7) is 11.4. The van der Waals surface area contributed by atoms with Crippen LogP contribution in [-0.2, 0) is 9.84 Å². The van der Waals surface area contributed by atoms with Gasteiger partial charge in [0.05, 0.1) is 5.75 Å². The monoisotopic (exact) mass is 235 g/mol. The molecule has 0 rings (SSSR count). The van der Waals surface area contributed by atoms with Crippen LogP contribution in [0, 0.1) is 5.41 Å². The molecule has 92 valence electrons. The van der Waals surface area contributed by atoms with E-state index >= 15 is 0 Å². The molecule has 0 aliphatic heterocycles. The number of hydrogen-bond donors (Lipinski definition) is 1. The minimum Gasteiger partial charge on any atom is -0.312 e. The van der Waals surface area contributed by atoms with Crippen molar-refractivity contribution < 1.29 is 8.42 Å². The zero-order chi connectivity index (χ0) is 12.3. The van der Waals surface area contributed by atoms with E-state index in [9.17, 15) is 8.42 Å². The molecule has 1 N–H and O–H groups in total. The van der Waals surface area contributed by atoms with Crippen molar-refractivity contribution in [2.75, 3.05) is 18.6 Å². The Morgan fingerprint density at radius 3 is 1.87 bits per heavy atom. The van der Waals surface area contributed by atoms with Gasteiger partial charge in [-0.25, -0.2) is 8.42 Å². The minimum atomic E-state index is -2.84. The highest BCUT2D eigenvalue weighted by molar-refractivity contribution is 7.90. The SMILES string of the molecule is CC(C)(CCS(C)(=O)=O)CNC(C)(C)C. The van der Waals surface area contributed by atoms with Crippen LogP contribution in [0.1, 0.15) is 41.0 Å². The van der Waals surface area contributed by atoms with Crippen molar-refractivity contribution in [1.29, 1.82) is 0 Å². The minimum absolute atomic E-state index is 0.0242. The Bertz CT molecular complexity index is 286. The van der Waals surface area contributed by atoms with E-state index in [0.29, 0.717) is 6.42 Å². The Kier molecular flexibility index (Phi) is 4.80. The summed E-state index contributed by atoms with van der Waals surface area (Å²) in [6, 6.07) is 0. The van der Waals surface area contributed by atoms with Gasteiger partial charge in [0.15, 0.2) is 0 Å². The van der Waals surface area contributed by atoms with Gasteiger partial charge in [-0.2, -0.15) is 0 Å². The molecular weight excluding hydrogens is 210 g/mol. The standard InChI is InChI=1S/C11H25NO2S/c1-10(2,3)12-9-11(4,5)7-8-15(6,13)14/h12H,7-9H2,1-6H3. The summed E-state index contributed by atoms with van der Waals surface area (Å²) in [4.78, 5) is 0. The summed E-state index contributed by atoms with van der Waals surface area (Å²) in [5, 5.41) is 3.40. The highest BCUT2D eigenvalue weighted by Crippen LogP contribution is 2.20. The summed E-state index contributed by atoms with van der Waals surface area (Å²) < 4.78 is 22.1. The van der Waals surface area contributed by atoms with E-state index in [1.807, 2.05) is 0 Å². The topological polar surface area (TPSA) is 46.2 Å². The highest BCUT2D eigenvalue weighted by Gasteiger charge is 2.22. The lowest BCUT2D eigenvalue weighted by Crippen LogP contribution is -2.42. The van der Waals surface area contributed by atoms with Crippen LogP contribution in [0.25, 0.3) is 0 Å². The third kappa shape index (κ3) is 10.2. The first kappa shape index (κ1) is 14.9. The largest absolute Gasteiger partial charge is 0.312 e. The van der Waals surface area contributed by atoms with Gasteiger partial charge in [0.1, 0.15) is 9.84 Å². The van der Waals surface area contributed by atoms with Gasteiger partial charge in [0.25, 0.3) is 0 Å². The third-order valence-electron chi connectivity index (χ3n) is 2.25. The molecule has 0 unspecified atom stereocenters. The van der Waals surface area contributed by atoms with Crippen LogP contribution < -0.4 is 5.32 Å². The summed E-state index contributed by atoms with van der Waals surface area (Å²) in [5.41, 5.74) is 0.110. The molecule has 0 aliphatic carbocycles. The van der Waals surface area contributed by atoms with E-state index in [-0.39, 0.29) is 16.7 Å². The lowest BCUT2D eigenvalue weighted by Gasteiger charge is -2.30. The molecule has 0 aromatic heterocycles. The lowest BCUT2D eigenvalue weighted by molar-refractivity contribution is 0.283. The van der Waals surface area contributed by atoms with Gasteiger partial charge >= 0.3 is 0 Å². The zero-order valence-corrected chi connectivity index (χ0v) is 11.7. The maximum absolute atomic E-state index is 11.1. The predicted molar refractivity (Wildman–Crippen MR) is 65.9 cm³/mol. The molecule has 4 heteroatoms. The van der Waals surface area contributed by atoms with Crippen LogP contribution in [0.5, 0.6) is 0 Å². The van der Waals surface area contributed by atoms with Crippen LogP contribution in [0.15, 0.2) is 0 Å². The van der Waals surface area contributed by atoms with Gasteiger partial charge in [0.2, 0.25) is 0 Å². The zero-order valence-electron chi connectivity index (χ0n) is 10.8. The van der Waals surface area contributed by atoms with Gasteiger partial charge in [-0.3, -0.25) is 0 Å². The fraction of sp³-hybridized carbons (Fsp3) is 1.00. The van der Waals surface area contributed by atoms with Crippen molar-refractivity contribution in [3.63, 3.8) is 0 Å². The first-order valence-corrected chi connectivity index (χ1v) is 7.40. The Morgan fingerprint density at radius 2 is 1.53 bits per heavy atom. The Hall–Kier alpha value is -0.0900. The predicted octanol–water partition coefficient (Wildman–Crippen LogP) is 1.84. The Labute approximate surface area is 94.6 Å². The van der Waals surface area contributed by atoms with Crippen LogP contribution in [0.4, 0.5) is 0 Å².